The number of H-pyrrole nitrogens is 1. The SMILES string of the molecule is O=C(O)c1cn[nH]c1C1CNCCN1. The molecule has 2 heterocycles. The lowest BCUT2D eigenvalue weighted by Crippen LogP contribution is -2.43. The van der Waals surface area contributed by atoms with Crippen molar-refractivity contribution in [1.29, 1.82) is 0 Å². The van der Waals surface area contributed by atoms with Crippen LogP contribution in [-0.2, 0) is 0 Å². The maximum Gasteiger partial charge on any atom is 0.339 e. The van der Waals surface area contributed by atoms with Crippen molar-refractivity contribution in [2.75, 3.05) is 19.6 Å². The van der Waals surface area contributed by atoms with Gasteiger partial charge < -0.3 is 15.7 Å². The number of aromatic carboxylic acids is 1. The van der Waals surface area contributed by atoms with E-state index in [0.717, 1.165) is 19.6 Å². The van der Waals surface area contributed by atoms with E-state index in [2.05, 4.69) is 20.8 Å². The minimum absolute atomic E-state index is 0.0114. The Balaban J connectivity index is 2.21. The molecular weight excluding hydrogens is 184 g/mol. The molecule has 0 radical (unpaired) electrons. The van der Waals surface area contributed by atoms with Crippen LogP contribution in [0.25, 0.3) is 0 Å². The van der Waals surface area contributed by atoms with Crippen molar-refractivity contribution in [2.24, 2.45) is 0 Å². The Labute approximate surface area is 80.7 Å². The molecule has 76 valence electrons. The fourth-order valence-corrected chi connectivity index (χ4v) is 1.59. The minimum atomic E-state index is -0.943. The van der Waals surface area contributed by atoms with Crippen molar-refractivity contribution < 1.29 is 9.90 Å². The normalized spacial score (nSPS) is 22.1. The molecule has 14 heavy (non-hydrogen) atoms. The van der Waals surface area contributed by atoms with E-state index in [0.29, 0.717) is 5.69 Å². The van der Waals surface area contributed by atoms with E-state index in [1.165, 1.54) is 6.20 Å². The first kappa shape index (κ1) is 9.17. The van der Waals surface area contributed by atoms with Crippen LogP contribution in [0.5, 0.6) is 0 Å². The molecule has 0 spiro atoms. The predicted octanol–water partition coefficient (Wildman–Crippen LogP) is -0.658. The number of piperazine rings is 1. The van der Waals surface area contributed by atoms with Gasteiger partial charge in [-0.2, -0.15) is 5.10 Å². The number of carboxylic acid groups (broad SMARTS) is 1. The number of carboxylic acids is 1. The monoisotopic (exact) mass is 196 g/mol. The molecule has 1 aromatic heterocycles. The second kappa shape index (κ2) is 3.77. The van der Waals surface area contributed by atoms with Crippen molar-refractivity contribution in [3.63, 3.8) is 0 Å². The molecule has 1 aromatic rings. The molecule has 0 aliphatic carbocycles. The predicted molar refractivity (Wildman–Crippen MR) is 49.2 cm³/mol. The molecule has 0 aromatic carbocycles. The van der Waals surface area contributed by atoms with Crippen LogP contribution in [0.2, 0.25) is 0 Å². The van der Waals surface area contributed by atoms with Gasteiger partial charge in [-0.3, -0.25) is 5.10 Å². The van der Waals surface area contributed by atoms with Crippen molar-refractivity contribution in [3.8, 4) is 0 Å². The molecule has 0 saturated carbocycles. The van der Waals surface area contributed by atoms with E-state index >= 15 is 0 Å². The fourth-order valence-electron chi connectivity index (χ4n) is 1.59. The lowest BCUT2D eigenvalue weighted by molar-refractivity contribution is 0.0694. The molecule has 1 aliphatic rings. The summed E-state index contributed by atoms with van der Waals surface area (Å²) in [4.78, 5) is 10.8. The molecule has 1 unspecified atom stereocenters. The summed E-state index contributed by atoms with van der Waals surface area (Å²) in [5, 5.41) is 21.8. The standard InChI is InChI=1S/C8H12N4O2/c13-8(14)5-3-11-12-7(5)6-4-9-1-2-10-6/h3,6,9-10H,1-2,4H2,(H,11,12)(H,13,14). The Bertz CT molecular complexity index is 330. The van der Waals surface area contributed by atoms with E-state index in [1.807, 2.05) is 0 Å². The topological polar surface area (TPSA) is 90.0 Å². The summed E-state index contributed by atoms with van der Waals surface area (Å²) in [7, 11) is 0. The summed E-state index contributed by atoms with van der Waals surface area (Å²) in [6.45, 7) is 2.47. The number of rotatable bonds is 2. The van der Waals surface area contributed by atoms with Crippen LogP contribution in [0.4, 0.5) is 0 Å². The van der Waals surface area contributed by atoms with Gasteiger partial charge in [0.15, 0.2) is 0 Å². The number of carbonyl (C=O) groups is 1. The number of nitrogens with one attached hydrogen (secondary N) is 3. The molecule has 2 rings (SSSR count). The first-order valence-electron chi connectivity index (χ1n) is 4.49. The highest BCUT2D eigenvalue weighted by molar-refractivity contribution is 5.88. The van der Waals surface area contributed by atoms with Crippen LogP contribution in [0.15, 0.2) is 6.20 Å². The van der Waals surface area contributed by atoms with E-state index in [4.69, 9.17) is 5.11 Å². The lowest BCUT2D eigenvalue weighted by Gasteiger charge is -2.23. The molecule has 1 saturated heterocycles. The average molecular weight is 196 g/mol. The summed E-state index contributed by atoms with van der Waals surface area (Å²) in [6.07, 6.45) is 1.34. The van der Waals surface area contributed by atoms with Gasteiger partial charge in [-0.15, -0.1) is 0 Å². The van der Waals surface area contributed by atoms with Gasteiger partial charge >= 0.3 is 5.97 Å². The van der Waals surface area contributed by atoms with Crippen molar-refractivity contribution in [3.05, 3.63) is 17.5 Å². The first-order valence-corrected chi connectivity index (χ1v) is 4.49. The van der Waals surface area contributed by atoms with Crippen LogP contribution in [-0.4, -0.2) is 40.9 Å². The van der Waals surface area contributed by atoms with Crippen LogP contribution >= 0.6 is 0 Å². The molecule has 1 fully saturated rings. The van der Waals surface area contributed by atoms with E-state index < -0.39 is 5.97 Å². The van der Waals surface area contributed by atoms with Gasteiger partial charge in [0.25, 0.3) is 0 Å². The maximum atomic E-state index is 10.8. The highest BCUT2D eigenvalue weighted by Crippen LogP contribution is 2.15. The van der Waals surface area contributed by atoms with E-state index in [1.54, 1.807) is 0 Å². The molecule has 4 N–H and O–H groups in total. The van der Waals surface area contributed by atoms with Crippen LogP contribution in [0.1, 0.15) is 22.1 Å². The fraction of sp³-hybridized carbons (Fsp3) is 0.500. The quantitative estimate of drug-likeness (QED) is 0.504. The van der Waals surface area contributed by atoms with Crippen molar-refractivity contribution in [1.82, 2.24) is 20.8 Å². The number of aromatic amines is 1. The third-order valence-corrected chi connectivity index (χ3v) is 2.29. The molecule has 6 heteroatoms. The minimum Gasteiger partial charge on any atom is -0.478 e. The summed E-state index contributed by atoms with van der Waals surface area (Å²) in [6, 6.07) is 0.0114. The average Bonchev–Trinajstić information content (AvgIpc) is 2.67. The Hall–Kier alpha value is -1.40. The van der Waals surface area contributed by atoms with Crippen LogP contribution in [0.3, 0.4) is 0 Å². The summed E-state index contributed by atoms with van der Waals surface area (Å²) in [5.74, 6) is -0.943. The maximum absolute atomic E-state index is 10.8. The molecule has 0 amide bonds. The van der Waals surface area contributed by atoms with Crippen LogP contribution in [0, 0.1) is 0 Å². The largest absolute Gasteiger partial charge is 0.478 e. The second-order valence-corrected chi connectivity index (χ2v) is 3.21. The highest BCUT2D eigenvalue weighted by Gasteiger charge is 2.22. The zero-order valence-electron chi connectivity index (χ0n) is 7.58. The van der Waals surface area contributed by atoms with Gasteiger partial charge in [0, 0.05) is 19.6 Å². The van der Waals surface area contributed by atoms with Gasteiger partial charge in [0.1, 0.15) is 5.56 Å². The summed E-state index contributed by atoms with van der Waals surface area (Å²) >= 11 is 0. The van der Waals surface area contributed by atoms with Crippen LogP contribution < -0.4 is 10.6 Å². The van der Waals surface area contributed by atoms with E-state index in [9.17, 15) is 4.79 Å². The smallest absolute Gasteiger partial charge is 0.339 e. The summed E-state index contributed by atoms with van der Waals surface area (Å²) < 4.78 is 0. The van der Waals surface area contributed by atoms with Gasteiger partial charge in [-0.05, 0) is 0 Å². The highest BCUT2D eigenvalue weighted by atomic mass is 16.4. The van der Waals surface area contributed by atoms with E-state index in [-0.39, 0.29) is 11.6 Å². The Morgan fingerprint density at radius 3 is 3.07 bits per heavy atom. The second-order valence-electron chi connectivity index (χ2n) is 3.21. The van der Waals surface area contributed by atoms with Gasteiger partial charge in [-0.25, -0.2) is 4.79 Å². The Kier molecular flexibility index (Phi) is 2.47. The number of hydrogen-bond acceptors (Lipinski definition) is 4. The molecule has 1 atom stereocenters. The Morgan fingerprint density at radius 1 is 1.57 bits per heavy atom. The zero-order valence-corrected chi connectivity index (χ0v) is 7.58. The van der Waals surface area contributed by atoms with Gasteiger partial charge in [0.2, 0.25) is 0 Å². The van der Waals surface area contributed by atoms with Gasteiger partial charge in [-0.1, -0.05) is 0 Å². The lowest BCUT2D eigenvalue weighted by atomic mass is 10.1. The molecule has 1 aliphatic heterocycles. The Morgan fingerprint density at radius 2 is 2.43 bits per heavy atom. The molecular formula is C8H12N4O2. The molecule has 0 bridgehead atoms. The third-order valence-electron chi connectivity index (χ3n) is 2.29. The van der Waals surface area contributed by atoms with Crippen molar-refractivity contribution in [2.45, 2.75) is 6.04 Å². The number of hydrogen-bond donors (Lipinski definition) is 4. The summed E-state index contributed by atoms with van der Waals surface area (Å²) in [5.41, 5.74) is 0.885. The van der Waals surface area contributed by atoms with Gasteiger partial charge in [0.05, 0.1) is 17.9 Å². The zero-order chi connectivity index (χ0) is 9.97. The number of nitrogens with zero attached hydrogens (tertiary/aromatic N) is 1. The third kappa shape index (κ3) is 1.61. The number of aromatic nitrogens is 2. The molecule has 6 nitrogen and oxygen atoms in total. The van der Waals surface area contributed by atoms with Crippen molar-refractivity contribution >= 4 is 5.97 Å². The first-order chi connectivity index (χ1) is 6.79.